The molecular formula is C42H78N2O15. The lowest BCUT2D eigenvalue weighted by Crippen LogP contribution is -2.61. The highest BCUT2D eigenvalue weighted by Crippen LogP contribution is 2.42. The Labute approximate surface area is 352 Å². The van der Waals surface area contributed by atoms with Gasteiger partial charge in [0.15, 0.2) is 12.6 Å². The molecule has 0 radical (unpaired) electrons. The van der Waals surface area contributed by atoms with Gasteiger partial charge in [-0.15, -0.1) is 0 Å². The second kappa shape index (κ2) is 22.2. The first-order valence-electron chi connectivity index (χ1n) is 21.1. The van der Waals surface area contributed by atoms with Crippen molar-refractivity contribution >= 4 is 11.7 Å². The highest BCUT2D eigenvalue weighted by molar-refractivity contribution is 5.88. The summed E-state index contributed by atoms with van der Waals surface area (Å²) in [5.74, 6) is -3.72. The number of rotatable bonds is 14. The van der Waals surface area contributed by atoms with Crippen molar-refractivity contribution in [1.82, 2.24) is 4.90 Å². The monoisotopic (exact) mass is 851 g/mol. The molecule has 0 aromatic rings. The molecule has 3 saturated heterocycles. The second-order valence-electron chi connectivity index (χ2n) is 17.9. The van der Waals surface area contributed by atoms with E-state index in [1.807, 2.05) is 46.7 Å². The van der Waals surface area contributed by atoms with Crippen LogP contribution in [0.1, 0.15) is 94.9 Å². The first kappa shape index (κ1) is 51.8. The summed E-state index contributed by atoms with van der Waals surface area (Å²) in [6, 6.07) is -0.287. The van der Waals surface area contributed by atoms with E-state index in [0.717, 1.165) is 0 Å². The molecule has 3 aliphatic heterocycles. The van der Waals surface area contributed by atoms with E-state index in [0.29, 0.717) is 18.7 Å². The van der Waals surface area contributed by atoms with Gasteiger partial charge in [0.1, 0.15) is 23.9 Å². The van der Waals surface area contributed by atoms with Crippen LogP contribution in [0.3, 0.4) is 0 Å². The molecule has 0 aliphatic carbocycles. The fourth-order valence-electron chi connectivity index (χ4n) is 9.11. The summed E-state index contributed by atoms with van der Waals surface area (Å²) < 4.78 is 55.2. The van der Waals surface area contributed by atoms with Crippen LogP contribution in [0, 0.1) is 23.7 Å². The lowest BCUT2D eigenvalue weighted by atomic mass is 9.73. The van der Waals surface area contributed by atoms with Gasteiger partial charge in [0.05, 0.1) is 66.6 Å². The van der Waals surface area contributed by atoms with Crippen LogP contribution in [0.15, 0.2) is 5.16 Å². The van der Waals surface area contributed by atoms with Crippen LogP contribution in [0.2, 0.25) is 0 Å². The van der Waals surface area contributed by atoms with Gasteiger partial charge in [-0.25, -0.2) is 0 Å². The van der Waals surface area contributed by atoms with Crippen LogP contribution in [0.5, 0.6) is 0 Å². The number of cyclic esters (lactones) is 1. The summed E-state index contributed by atoms with van der Waals surface area (Å²) in [5, 5.41) is 51.2. The van der Waals surface area contributed by atoms with E-state index >= 15 is 0 Å². The van der Waals surface area contributed by atoms with Crippen molar-refractivity contribution in [1.29, 1.82) is 0 Å². The van der Waals surface area contributed by atoms with Crippen LogP contribution in [0.4, 0.5) is 0 Å². The van der Waals surface area contributed by atoms with Gasteiger partial charge in [-0.05, 0) is 74.9 Å². The van der Waals surface area contributed by atoms with Crippen molar-refractivity contribution in [3.63, 3.8) is 0 Å². The van der Waals surface area contributed by atoms with Crippen LogP contribution >= 0.6 is 0 Å². The molecule has 0 aromatic carbocycles. The molecule has 17 heteroatoms. The number of aliphatic hydroxyl groups is 4. The minimum absolute atomic E-state index is 0.127. The van der Waals surface area contributed by atoms with Crippen LogP contribution in [0.25, 0.3) is 0 Å². The van der Waals surface area contributed by atoms with Crippen LogP contribution < -0.4 is 0 Å². The van der Waals surface area contributed by atoms with E-state index in [4.69, 9.17) is 47.5 Å². The molecule has 0 aromatic heterocycles. The highest BCUT2D eigenvalue weighted by atomic mass is 16.7. The molecule has 0 saturated carbocycles. The molecule has 0 amide bonds. The average molecular weight is 851 g/mol. The molecule has 17 nitrogen and oxygen atoms in total. The van der Waals surface area contributed by atoms with Crippen molar-refractivity contribution in [2.45, 2.75) is 179 Å². The summed E-state index contributed by atoms with van der Waals surface area (Å²) in [4.78, 5) is 22.0. The summed E-state index contributed by atoms with van der Waals surface area (Å²) >= 11 is 0. The molecular weight excluding hydrogens is 772 g/mol. The van der Waals surface area contributed by atoms with Gasteiger partial charge in [-0.2, -0.15) is 0 Å². The fraction of sp³-hybridized carbons (Fsp3) is 0.952. The molecule has 3 rings (SSSR count). The minimum atomic E-state index is -1.94. The SMILES string of the molecule is CC[C@H]1OC(=O)[C@H](C)[C@@H](O[C@H]2CC(C)(OC)[C@@H](O)C(C)O2)[C@H](C)[C@@H](O[C@@H]2OC(C)CC(N(C)C)C2O)[C@](C)(OC)C[C@@H](C)/C(=N\OCOCCOC)[C@H](C)[C@@H](O)[C@]1(C)O. The minimum Gasteiger partial charge on any atom is -0.459 e. The van der Waals surface area contributed by atoms with E-state index in [2.05, 4.69) is 5.16 Å². The lowest BCUT2D eigenvalue weighted by Gasteiger charge is -2.50. The molecule has 346 valence electrons. The Balaban J connectivity index is 2.26. The number of likely N-dealkylation sites (N-methyl/N-ethyl adjacent to an activating group) is 1. The zero-order chi connectivity index (χ0) is 44.6. The van der Waals surface area contributed by atoms with Crippen molar-refractivity contribution < 1.29 is 72.7 Å². The van der Waals surface area contributed by atoms with E-state index < -0.39 is 102 Å². The Morgan fingerprint density at radius 3 is 2.08 bits per heavy atom. The number of methoxy groups -OCH3 is 3. The van der Waals surface area contributed by atoms with Gasteiger partial charge in [0.25, 0.3) is 0 Å². The quantitative estimate of drug-likeness (QED) is 0.0859. The number of hydrogen-bond donors (Lipinski definition) is 4. The van der Waals surface area contributed by atoms with Crippen molar-refractivity contribution in [2.75, 3.05) is 55.4 Å². The van der Waals surface area contributed by atoms with E-state index in [1.165, 1.54) is 14.0 Å². The highest BCUT2D eigenvalue weighted by Gasteiger charge is 2.54. The first-order valence-corrected chi connectivity index (χ1v) is 21.1. The van der Waals surface area contributed by atoms with E-state index in [1.54, 1.807) is 48.8 Å². The molecule has 0 bridgehead atoms. The molecule has 3 aliphatic rings. The average Bonchev–Trinajstić information content (AvgIpc) is 3.18. The zero-order valence-corrected chi connectivity index (χ0v) is 38.3. The number of esters is 1. The Bertz CT molecular complexity index is 1320. The smallest absolute Gasteiger partial charge is 0.311 e. The predicted molar refractivity (Wildman–Crippen MR) is 217 cm³/mol. The number of nitrogens with zero attached hydrogens (tertiary/aromatic N) is 2. The van der Waals surface area contributed by atoms with Gasteiger partial charge < -0.3 is 72.8 Å². The maximum Gasteiger partial charge on any atom is 0.311 e. The van der Waals surface area contributed by atoms with E-state index in [-0.39, 0.29) is 44.8 Å². The van der Waals surface area contributed by atoms with Crippen molar-refractivity contribution in [3.05, 3.63) is 0 Å². The predicted octanol–water partition coefficient (Wildman–Crippen LogP) is 2.86. The van der Waals surface area contributed by atoms with Crippen molar-refractivity contribution in [2.24, 2.45) is 28.8 Å². The Hall–Kier alpha value is -1.58. The van der Waals surface area contributed by atoms with Gasteiger partial charge in [0.2, 0.25) is 6.79 Å². The lowest BCUT2D eigenvalue weighted by molar-refractivity contribution is -0.319. The van der Waals surface area contributed by atoms with Gasteiger partial charge >= 0.3 is 5.97 Å². The normalized spacial score (nSPS) is 45.3. The van der Waals surface area contributed by atoms with Gasteiger partial charge in [-0.3, -0.25) is 4.79 Å². The largest absolute Gasteiger partial charge is 0.459 e. The third kappa shape index (κ3) is 12.3. The van der Waals surface area contributed by atoms with Crippen molar-refractivity contribution in [3.8, 4) is 0 Å². The van der Waals surface area contributed by atoms with Gasteiger partial charge in [0, 0.05) is 51.5 Å². The Morgan fingerprint density at radius 2 is 1.51 bits per heavy atom. The zero-order valence-electron chi connectivity index (χ0n) is 38.3. The second-order valence-corrected chi connectivity index (χ2v) is 17.9. The molecule has 0 spiro atoms. The molecule has 18 atom stereocenters. The fourth-order valence-corrected chi connectivity index (χ4v) is 9.11. The molecule has 5 unspecified atom stereocenters. The van der Waals surface area contributed by atoms with Crippen LogP contribution in [-0.2, 0) is 52.3 Å². The third-order valence-corrected chi connectivity index (χ3v) is 13.0. The standard InChI is InChI=1S/C42H78N2O15/c1-16-30-42(10,49)35(46)25(4)32(43-54-22-53-18-17-50-13)23(2)20-41(9,52-15)37(59-39-33(45)29(44(11)12)19-24(3)55-39)26(5)34(27(6)38(48)57-30)58-31-21-40(8,51-14)36(47)28(7)56-31/h23-31,33-37,39,45-47,49H,16-22H2,1-15H3/b43-32+/t23-,24?,25+,26+,27-,28?,29?,30-,31+,33?,34+,35-,36+,37-,39+,40?,41-,42-/m1/s1. The summed E-state index contributed by atoms with van der Waals surface area (Å²) in [7, 11) is 8.41. The number of oxime groups is 1. The van der Waals surface area contributed by atoms with Gasteiger partial charge in [-0.1, -0.05) is 32.9 Å². The molecule has 3 fully saturated rings. The summed E-state index contributed by atoms with van der Waals surface area (Å²) in [6.45, 7) is 18.1. The van der Waals surface area contributed by atoms with Crippen LogP contribution in [-0.4, -0.2) is 177 Å². The maximum atomic E-state index is 14.4. The molecule has 4 N–H and O–H groups in total. The Kier molecular flexibility index (Phi) is 19.4. The number of aliphatic hydroxyl groups excluding tert-OH is 3. The first-order chi connectivity index (χ1) is 27.5. The van der Waals surface area contributed by atoms with E-state index in [9.17, 15) is 25.2 Å². The Morgan fingerprint density at radius 1 is 0.864 bits per heavy atom. The topological polar surface area (TPSA) is 206 Å². The number of ether oxygens (including phenoxy) is 9. The molecule has 59 heavy (non-hydrogen) atoms. The maximum absolute atomic E-state index is 14.4. The number of hydrogen-bond acceptors (Lipinski definition) is 17. The third-order valence-electron chi connectivity index (χ3n) is 13.0. The number of carbonyl (C=O) groups excluding carboxylic acids is 1. The summed E-state index contributed by atoms with van der Waals surface area (Å²) in [6.07, 6.45) is -8.52. The molecule has 3 heterocycles. The summed E-state index contributed by atoms with van der Waals surface area (Å²) in [5.41, 5.74) is -3.81. The number of carbonyl (C=O) groups is 1.